The molecule has 0 fully saturated rings. The second kappa shape index (κ2) is 5.49. The third-order valence-electron chi connectivity index (χ3n) is 2.20. The molecule has 0 bridgehead atoms. The molecule has 14 heavy (non-hydrogen) atoms. The summed E-state index contributed by atoms with van der Waals surface area (Å²) < 4.78 is 1.17. The van der Waals surface area contributed by atoms with Crippen molar-refractivity contribution >= 4 is 15.9 Å². The molecule has 0 spiro atoms. The van der Waals surface area contributed by atoms with Crippen molar-refractivity contribution < 1.29 is 4.84 Å². The summed E-state index contributed by atoms with van der Waals surface area (Å²) in [5.41, 5.74) is 2.58. The van der Waals surface area contributed by atoms with Gasteiger partial charge in [0.1, 0.15) is 0 Å². The van der Waals surface area contributed by atoms with Crippen LogP contribution in [-0.4, -0.2) is 6.61 Å². The largest absolute Gasteiger partial charge is 0.304 e. The SMILES string of the molecule is CC(C)c1ccc(CCON)cc1Br. The van der Waals surface area contributed by atoms with Gasteiger partial charge >= 0.3 is 0 Å². The maximum Gasteiger partial charge on any atom is 0.0719 e. The van der Waals surface area contributed by atoms with Crippen molar-refractivity contribution in [1.29, 1.82) is 0 Å². The van der Waals surface area contributed by atoms with Gasteiger partial charge in [0.15, 0.2) is 0 Å². The highest BCUT2D eigenvalue weighted by molar-refractivity contribution is 9.10. The van der Waals surface area contributed by atoms with E-state index in [9.17, 15) is 0 Å². The Morgan fingerprint density at radius 1 is 1.43 bits per heavy atom. The summed E-state index contributed by atoms with van der Waals surface area (Å²) in [6.07, 6.45) is 0.855. The van der Waals surface area contributed by atoms with Gasteiger partial charge in [-0.2, -0.15) is 0 Å². The van der Waals surface area contributed by atoms with Gasteiger partial charge in [-0.05, 0) is 29.5 Å². The maximum atomic E-state index is 4.98. The van der Waals surface area contributed by atoms with E-state index in [4.69, 9.17) is 5.90 Å². The average molecular weight is 258 g/mol. The maximum absolute atomic E-state index is 4.98. The van der Waals surface area contributed by atoms with Gasteiger partial charge in [0.05, 0.1) is 6.61 Å². The molecule has 0 atom stereocenters. The van der Waals surface area contributed by atoms with Crippen molar-refractivity contribution in [2.75, 3.05) is 6.61 Å². The Labute approximate surface area is 93.5 Å². The molecule has 0 radical (unpaired) electrons. The van der Waals surface area contributed by atoms with Crippen LogP contribution in [0.3, 0.4) is 0 Å². The molecule has 0 aliphatic heterocycles. The molecule has 2 N–H and O–H groups in total. The number of hydrogen-bond acceptors (Lipinski definition) is 2. The van der Waals surface area contributed by atoms with Crippen molar-refractivity contribution in [1.82, 2.24) is 0 Å². The summed E-state index contributed by atoms with van der Waals surface area (Å²) >= 11 is 3.57. The summed E-state index contributed by atoms with van der Waals surface area (Å²) in [4.78, 5) is 4.55. The summed E-state index contributed by atoms with van der Waals surface area (Å²) in [5.74, 6) is 5.53. The van der Waals surface area contributed by atoms with E-state index in [1.807, 2.05) is 0 Å². The Kier molecular flexibility index (Phi) is 4.58. The van der Waals surface area contributed by atoms with E-state index in [0.717, 1.165) is 6.42 Å². The van der Waals surface area contributed by atoms with Gasteiger partial charge in [0.25, 0.3) is 0 Å². The van der Waals surface area contributed by atoms with Crippen LogP contribution in [0.1, 0.15) is 30.9 Å². The molecular formula is C11H16BrNO. The Balaban J connectivity index is 2.78. The zero-order chi connectivity index (χ0) is 10.6. The van der Waals surface area contributed by atoms with E-state index in [2.05, 4.69) is 52.8 Å². The first-order valence-corrected chi connectivity index (χ1v) is 5.54. The van der Waals surface area contributed by atoms with Gasteiger partial charge in [-0.15, -0.1) is 0 Å². The monoisotopic (exact) mass is 257 g/mol. The number of nitrogens with two attached hydrogens (primary N) is 1. The van der Waals surface area contributed by atoms with Crippen LogP contribution in [-0.2, 0) is 11.3 Å². The van der Waals surface area contributed by atoms with Gasteiger partial charge < -0.3 is 4.84 Å². The van der Waals surface area contributed by atoms with Crippen LogP contribution in [0.4, 0.5) is 0 Å². The molecule has 0 aliphatic carbocycles. The number of benzene rings is 1. The molecule has 0 aromatic heterocycles. The predicted octanol–water partition coefficient (Wildman–Crippen LogP) is 3.01. The minimum Gasteiger partial charge on any atom is -0.304 e. The Morgan fingerprint density at radius 2 is 2.14 bits per heavy atom. The molecule has 78 valence electrons. The fraction of sp³-hybridized carbons (Fsp3) is 0.455. The lowest BCUT2D eigenvalue weighted by atomic mass is 10.0. The standard InChI is InChI=1S/C11H16BrNO/c1-8(2)10-4-3-9(5-6-14-13)7-11(10)12/h3-4,7-8H,5-6,13H2,1-2H3. The summed E-state index contributed by atoms with van der Waals surface area (Å²) in [7, 11) is 0. The second-order valence-electron chi connectivity index (χ2n) is 3.63. The lowest BCUT2D eigenvalue weighted by Gasteiger charge is -2.09. The van der Waals surface area contributed by atoms with Crippen molar-refractivity contribution in [3.05, 3.63) is 33.8 Å². The third-order valence-corrected chi connectivity index (χ3v) is 2.88. The summed E-state index contributed by atoms with van der Waals surface area (Å²) in [5, 5.41) is 0. The normalized spacial score (nSPS) is 10.9. The number of rotatable bonds is 4. The van der Waals surface area contributed by atoms with Crippen LogP contribution in [0.2, 0.25) is 0 Å². The number of halogens is 1. The molecule has 1 aromatic carbocycles. The highest BCUT2D eigenvalue weighted by Crippen LogP contribution is 2.25. The fourth-order valence-corrected chi connectivity index (χ4v) is 2.26. The van der Waals surface area contributed by atoms with E-state index in [-0.39, 0.29) is 0 Å². The molecule has 0 heterocycles. The van der Waals surface area contributed by atoms with Gasteiger partial charge in [0, 0.05) is 4.47 Å². The minimum atomic E-state index is 0.546. The van der Waals surface area contributed by atoms with Gasteiger partial charge in [-0.3, -0.25) is 0 Å². The highest BCUT2D eigenvalue weighted by atomic mass is 79.9. The van der Waals surface area contributed by atoms with E-state index < -0.39 is 0 Å². The molecule has 3 heteroatoms. The van der Waals surface area contributed by atoms with E-state index >= 15 is 0 Å². The lowest BCUT2D eigenvalue weighted by molar-refractivity contribution is 0.141. The minimum absolute atomic E-state index is 0.546. The van der Waals surface area contributed by atoms with Gasteiger partial charge in [-0.1, -0.05) is 41.9 Å². The summed E-state index contributed by atoms with van der Waals surface area (Å²) in [6.45, 7) is 4.93. The molecule has 0 amide bonds. The predicted molar refractivity (Wildman–Crippen MR) is 62.1 cm³/mol. The van der Waals surface area contributed by atoms with Crippen molar-refractivity contribution in [2.45, 2.75) is 26.2 Å². The molecule has 1 aromatic rings. The molecule has 2 nitrogen and oxygen atoms in total. The first-order chi connectivity index (χ1) is 6.65. The van der Waals surface area contributed by atoms with E-state index in [1.165, 1.54) is 15.6 Å². The Morgan fingerprint density at radius 3 is 2.64 bits per heavy atom. The molecule has 0 saturated carbocycles. The molecular weight excluding hydrogens is 242 g/mol. The number of hydrogen-bond donors (Lipinski definition) is 1. The Bertz CT molecular complexity index is 299. The molecule has 0 saturated heterocycles. The van der Waals surface area contributed by atoms with Gasteiger partial charge in [0.2, 0.25) is 0 Å². The topological polar surface area (TPSA) is 35.2 Å². The van der Waals surface area contributed by atoms with Crippen molar-refractivity contribution in [3.63, 3.8) is 0 Å². The van der Waals surface area contributed by atoms with Crippen molar-refractivity contribution in [3.8, 4) is 0 Å². The second-order valence-corrected chi connectivity index (χ2v) is 4.49. The highest BCUT2D eigenvalue weighted by Gasteiger charge is 2.04. The first kappa shape index (κ1) is 11.7. The van der Waals surface area contributed by atoms with Crippen molar-refractivity contribution in [2.24, 2.45) is 5.90 Å². The quantitative estimate of drug-likeness (QED) is 0.842. The molecule has 1 rings (SSSR count). The van der Waals surface area contributed by atoms with Crippen LogP contribution < -0.4 is 5.90 Å². The zero-order valence-electron chi connectivity index (χ0n) is 8.59. The average Bonchev–Trinajstić information content (AvgIpc) is 2.14. The van der Waals surface area contributed by atoms with Crippen LogP contribution in [0.5, 0.6) is 0 Å². The van der Waals surface area contributed by atoms with Crippen LogP contribution in [0, 0.1) is 0 Å². The first-order valence-electron chi connectivity index (χ1n) is 4.75. The zero-order valence-corrected chi connectivity index (χ0v) is 10.2. The molecule has 0 aliphatic rings. The third kappa shape index (κ3) is 3.08. The molecule has 0 unspecified atom stereocenters. The van der Waals surface area contributed by atoms with Crippen LogP contribution in [0.25, 0.3) is 0 Å². The summed E-state index contributed by atoms with van der Waals surface area (Å²) in [6, 6.07) is 6.41. The smallest absolute Gasteiger partial charge is 0.0719 e. The van der Waals surface area contributed by atoms with Crippen LogP contribution in [0.15, 0.2) is 22.7 Å². The Hall–Kier alpha value is -0.380. The van der Waals surface area contributed by atoms with E-state index in [1.54, 1.807) is 0 Å². The fourth-order valence-electron chi connectivity index (χ4n) is 1.37. The lowest BCUT2D eigenvalue weighted by Crippen LogP contribution is -2.04. The van der Waals surface area contributed by atoms with Gasteiger partial charge in [-0.25, -0.2) is 5.90 Å². The van der Waals surface area contributed by atoms with E-state index in [0.29, 0.717) is 12.5 Å². The van der Waals surface area contributed by atoms with Crippen LogP contribution >= 0.6 is 15.9 Å².